The quantitative estimate of drug-likeness (QED) is 0.836. The van der Waals surface area contributed by atoms with E-state index in [4.69, 9.17) is 5.73 Å². The molecule has 4 nitrogen and oxygen atoms in total. The molecule has 1 aliphatic heterocycles. The predicted octanol–water partition coefficient (Wildman–Crippen LogP) is 1.96. The van der Waals surface area contributed by atoms with E-state index in [0.717, 1.165) is 30.9 Å². The fraction of sp³-hybridized carbons (Fsp3) is 0.500. The summed E-state index contributed by atoms with van der Waals surface area (Å²) >= 11 is 0. The lowest BCUT2D eigenvalue weighted by molar-refractivity contribution is -0.116. The molecule has 0 aliphatic carbocycles. The number of nitrogens with two attached hydrogens (primary N) is 1. The summed E-state index contributed by atoms with van der Waals surface area (Å²) in [5.74, 6) is 0.0482. The van der Waals surface area contributed by atoms with Crippen LogP contribution in [0.3, 0.4) is 0 Å². The van der Waals surface area contributed by atoms with Gasteiger partial charge in [-0.05, 0) is 37.9 Å². The molecule has 0 radical (unpaired) electrons. The molecule has 4 heteroatoms. The first-order chi connectivity index (χ1) is 8.81. The molecule has 18 heavy (non-hydrogen) atoms. The van der Waals surface area contributed by atoms with Crippen LogP contribution in [0.25, 0.3) is 0 Å². The number of hydrogen-bond acceptors (Lipinski definition) is 3. The Kier molecular flexibility index (Phi) is 4.59. The van der Waals surface area contributed by atoms with Gasteiger partial charge in [0.2, 0.25) is 5.91 Å². The van der Waals surface area contributed by atoms with Gasteiger partial charge in [0.15, 0.2) is 0 Å². The van der Waals surface area contributed by atoms with Crippen LogP contribution in [0.5, 0.6) is 0 Å². The molecule has 1 aliphatic rings. The fourth-order valence-electron chi connectivity index (χ4n) is 2.29. The molecule has 0 spiro atoms. The van der Waals surface area contributed by atoms with E-state index in [9.17, 15) is 4.79 Å². The number of carbonyl (C=O) groups is 1. The Bertz CT molecular complexity index is 400. The summed E-state index contributed by atoms with van der Waals surface area (Å²) in [7, 11) is 0. The average molecular weight is 247 g/mol. The van der Waals surface area contributed by atoms with Gasteiger partial charge >= 0.3 is 0 Å². The second kappa shape index (κ2) is 6.40. The fourth-order valence-corrected chi connectivity index (χ4v) is 2.29. The summed E-state index contributed by atoms with van der Waals surface area (Å²) in [5.41, 5.74) is 7.46. The minimum Gasteiger partial charge on any atom is -0.370 e. The third-order valence-electron chi connectivity index (χ3n) is 3.23. The molecule has 1 aromatic rings. The van der Waals surface area contributed by atoms with E-state index < -0.39 is 0 Å². The molecule has 1 heterocycles. The van der Waals surface area contributed by atoms with Gasteiger partial charge in [-0.2, -0.15) is 0 Å². The van der Waals surface area contributed by atoms with Gasteiger partial charge in [0, 0.05) is 19.5 Å². The standard InChI is InChI=1S/C14H21N3O/c15-9-5-8-14(18)16-12-6-1-2-7-13(12)17-10-3-4-11-17/h1-2,6-7H,3-5,8-11,15H2,(H,16,18). The zero-order chi connectivity index (χ0) is 12.8. The van der Waals surface area contributed by atoms with Crippen LogP contribution in [-0.4, -0.2) is 25.5 Å². The van der Waals surface area contributed by atoms with E-state index in [1.165, 1.54) is 12.8 Å². The van der Waals surface area contributed by atoms with E-state index in [-0.39, 0.29) is 5.91 Å². The normalized spacial score (nSPS) is 14.8. The molecular weight excluding hydrogens is 226 g/mol. The summed E-state index contributed by atoms with van der Waals surface area (Å²) in [6.45, 7) is 2.71. The van der Waals surface area contributed by atoms with Gasteiger partial charge in [0.25, 0.3) is 0 Å². The highest BCUT2D eigenvalue weighted by Gasteiger charge is 2.16. The van der Waals surface area contributed by atoms with Crippen molar-refractivity contribution in [1.82, 2.24) is 0 Å². The molecule has 1 amide bonds. The Labute approximate surface area is 108 Å². The number of benzene rings is 1. The average Bonchev–Trinajstić information content (AvgIpc) is 2.91. The number of carbonyl (C=O) groups excluding carboxylic acids is 1. The van der Waals surface area contributed by atoms with Crippen molar-refractivity contribution < 1.29 is 4.79 Å². The number of para-hydroxylation sites is 2. The topological polar surface area (TPSA) is 58.4 Å². The summed E-state index contributed by atoms with van der Waals surface area (Å²) in [5, 5.41) is 2.99. The highest BCUT2D eigenvalue weighted by Crippen LogP contribution is 2.28. The Morgan fingerprint density at radius 3 is 2.72 bits per heavy atom. The van der Waals surface area contributed by atoms with E-state index in [2.05, 4.69) is 16.3 Å². The first-order valence-electron chi connectivity index (χ1n) is 6.65. The number of anilines is 2. The van der Waals surface area contributed by atoms with Crippen LogP contribution >= 0.6 is 0 Å². The predicted molar refractivity (Wildman–Crippen MR) is 74.8 cm³/mol. The number of rotatable bonds is 5. The molecule has 0 aromatic heterocycles. The Balaban J connectivity index is 2.05. The maximum Gasteiger partial charge on any atom is 0.224 e. The van der Waals surface area contributed by atoms with Crippen molar-refractivity contribution in [2.24, 2.45) is 5.73 Å². The van der Waals surface area contributed by atoms with Crippen LogP contribution in [0.15, 0.2) is 24.3 Å². The highest BCUT2D eigenvalue weighted by molar-refractivity contribution is 5.94. The number of hydrogen-bond donors (Lipinski definition) is 2. The van der Waals surface area contributed by atoms with Gasteiger partial charge in [-0.3, -0.25) is 4.79 Å². The first-order valence-corrected chi connectivity index (χ1v) is 6.65. The first kappa shape index (κ1) is 12.9. The number of amides is 1. The van der Waals surface area contributed by atoms with Crippen LogP contribution in [0.4, 0.5) is 11.4 Å². The van der Waals surface area contributed by atoms with Crippen molar-refractivity contribution in [3.05, 3.63) is 24.3 Å². The summed E-state index contributed by atoms with van der Waals surface area (Å²) in [6.07, 6.45) is 3.69. The summed E-state index contributed by atoms with van der Waals surface area (Å²) in [6, 6.07) is 8.01. The molecule has 2 rings (SSSR count). The molecule has 0 saturated carbocycles. The SMILES string of the molecule is NCCCC(=O)Nc1ccccc1N1CCCC1. The van der Waals surface area contributed by atoms with E-state index in [1.807, 2.05) is 18.2 Å². The molecule has 98 valence electrons. The van der Waals surface area contributed by atoms with Crippen molar-refractivity contribution in [1.29, 1.82) is 0 Å². The Morgan fingerprint density at radius 2 is 2.00 bits per heavy atom. The highest BCUT2D eigenvalue weighted by atomic mass is 16.1. The van der Waals surface area contributed by atoms with Crippen molar-refractivity contribution in [3.8, 4) is 0 Å². The Hall–Kier alpha value is -1.55. The van der Waals surface area contributed by atoms with Gasteiger partial charge in [-0.15, -0.1) is 0 Å². The van der Waals surface area contributed by atoms with Gasteiger partial charge in [-0.1, -0.05) is 12.1 Å². The minimum atomic E-state index is 0.0482. The second-order valence-corrected chi connectivity index (χ2v) is 4.65. The smallest absolute Gasteiger partial charge is 0.224 e. The lowest BCUT2D eigenvalue weighted by Crippen LogP contribution is -2.21. The summed E-state index contributed by atoms with van der Waals surface area (Å²) in [4.78, 5) is 14.1. The second-order valence-electron chi connectivity index (χ2n) is 4.65. The van der Waals surface area contributed by atoms with E-state index in [0.29, 0.717) is 13.0 Å². The van der Waals surface area contributed by atoms with E-state index in [1.54, 1.807) is 0 Å². The van der Waals surface area contributed by atoms with Crippen LogP contribution in [0.1, 0.15) is 25.7 Å². The maximum absolute atomic E-state index is 11.8. The molecule has 1 saturated heterocycles. The summed E-state index contributed by atoms with van der Waals surface area (Å²) < 4.78 is 0. The van der Waals surface area contributed by atoms with Crippen LogP contribution in [0.2, 0.25) is 0 Å². The molecule has 0 atom stereocenters. The molecule has 0 unspecified atom stereocenters. The molecule has 1 aromatic carbocycles. The van der Waals surface area contributed by atoms with Crippen molar-refractivity contribution in [2.75, 3.05) is 29.9 Å². The molecule has 0 bridgehead atoms. The third-order valence-corrected chi connectivity index (χ3v) is 3.23. The van der Waals surface area contributed by atoms with Crippen molar-refractivity contribution >= 4 is 17.3 Å². The largest absolute Gasteiger partial charge is 0.370 e. The monoisotopic (exact) mass is 247 g/mol. The van der Waals surface area contributed by atoms with Gasteiger partial charge in [0.1, 0.15) is 0 Å². The maximum atomic E-state index is 11.8. The van der Waals surface area contributed by atoms with Gasteiger partial charge in [0.05, 0.1) is 11.4 Å². The Morgan fingerprint density at radius 1 is 1.28 bits per heavy atom. The van der Waals surface area contributed by atoms with Crippen LogP contribution in [-0.2, 0) is 4.79 Å². The number of nitrogens with one attached hydrogen (secondary N) is 1. The van der Waals surface area contributed by atoms with Crippen LogP contribution < -0.4 is 16.0 Å². The van der Waals surface area contributed by atoms with Gasteiger partial charge in [-0.25, -0.2) is 0 Å². The van der Waals surface area contributed by atoms with Crippen molar-refractivity contribution in [2.45, 2.75) is 25.7 Å². The molecular formula is C14H21N3O. The van der Waals surface area contributed by atoms with Gasteiger partial charge < -0.3 is 16.0 Å². The van der Waals surface area contributed by atoms with Crippen LogP contribution in [0, 0.1) is 0 Å². The molecule has 3 N–H and O–H groups in total. The lowest BCUT2D eigenvalue weighted by atomic mass is 10.2. The van der Waals surface area contributed by atoms with Crippen molar-refractivity contribution in [3.63, 3.8) is 0 Å². The molecule has 1 fully saturated rings. The minimum absolute atomic E-state index is 0.0482. The number of nitrogens with zero attached hydrogens (tertiary/aromatic N) is 1. The lowest BCUT2D eigenvalue weighted by Gasteiger charge is -2.21. The zero-order valence-electron chi connectivity index (χ0n) is 10.7. The third kappa shape index (κ3) is 3.23. The zero-order valence-corrected chi connectivity index (χ0v) is 10.7. The van der Waals surface area contributed by atoms with E-state index >= 15 is 0 Å².